The predicted octanol–water partition coefficient (Wildman–Crippen LogP) is 2.18. The molecule has 1 atom stereocenters. The van der Waals surface area contributed by atoms with Crippen LogP contribution < -0.4 is 5.32 Å². The van der Waals surface area contributed by atoms with E-state index in [2.05, 4.69) is 15.3 Å². The van der Waals surface area contributed by atoms with E-state index in [-0.39, 0.29) is 25.5 Å². The molecule has 0 spiro atoms. The lowest BCUT2D eigenvalue weighted by Gasteiger charge is -2.17. The number of pyridine rings is 1. The third kappa shape index (κ3) is 4.28. The van der Waals surface area contributed by atoms with Crippen molar-refractivity contribution in [3.63, 3.8) is 0 Å². The van der Waals surface area contributed by atoms with Crippen LogP contribution in [-0.4, -0.2) is 40.7 Å². The second kappa shape index (κ2) is 8.87. The number of halogens is 2. The Labute approximate surface area is 172 Å². The highest BCUT2D eigenvalue weighted by atomic mass is 35.5. The summed E-state index contributed by atoms with van der Waals surface area (Å²) >= 11 is 11.9. The number of aromatic nitrogens is 1. The summed E-state index contributed by atoms with van der Waals surface area (Å²) in [5.74, 6) is 0.106. The summed E-state index contributed by atoms with van der Waals surface area (Å²) < 4.78 is 5.21. The van der Waals surface area contributed by atoms with Crippen LogP contribution in [0, 0.1) is 0 Å². The Bertz CT molecular complexity index is 934. The Hall–Kier alpha value is -2.19. The topological polar surface area (TPSA) is 104 Å². The summed E-state index contributed by atoms with van der Waals surface area (Å²) in [4.78, 5) is 21.1. The third-order valence-corrected chi connectivity index (χ3v) is 5.12. The van der Waals surface area contributed by atoms with E-state index in [0.717, 1.165) is 5.56 Å². The summed E-state index contributed by atoms with van der Waals surface area (Å²) in [6, 6.07) is 6.05. The molecule has 0 bridgehead atoms. The number of aliphatic hydroxyl groups is 2. The van der Waals surface area contributed by atoms with Gasteiger partial charge in [0.2, 0.25) is 11.8 Å². The van der Waals surface area contributed by atoms with Gasteiger partial charge < -0.3 is 20.3 Å². The molecule has 0 aliphatic carbocycles. The normalized spacial score (nSPS) is 13.7. The van der Waals surface area contributed by atoms with E-state index in [1.54, 1.807) is 24.3 Å². The number of methoxy groups -OCH3 is 1. The molecule has 7 nitrogen and oxygen atoms in total. The molecular weight excluding hydrogens is 405 g/mol. The molecular formula is C19H19Cl2N3O4. The Morgan fingerprint density at radius 2 is 2.07 bits per heavy atom. The maximum atomic E-state index is 12.5. The number of aliphatic imine (C=N–C) groups is 1. The highest BCUT2D eigenvalue weighted by Crippen LogP contribution is 2.26. The number of hydrogen-bond acceptors (Lipinski definition) is 6. The smallest absolute Gasteiger partial charge is 0.226 e. The number of benzene rings is 1. The van der Waals surface area contributed by atoms with Gasteiger partial charge in [0.1, 0.15) is 0 Å². The molecule has 0 radical (unpaired) electrons. The summed E-state index contributed by atoms with van der Waals surface area (Å²) in [5.41, 5.74) is 3.08. The maximum Gasteiger partial charge on any atom is 0.226 e. The molecule has 148 valence electrons. The number of carbonyl (C=O) groups excluding carboxylic acids is 1. The molecule has 9 heteroatoms. The lowest BCUT2D eigenvalue weighted by Crippen LogP contribution is -2.32. The predicted molar refractivity (Wildman–Crippen MR) is 106 cm³/mol. The fourth-order valence-electron chi connectivity index (χ4n) is 3.09. The lowest BCUT2D eigenvalue weighted by molar-refractivity contribution is -0.121. The van der Waals surface area contributed by atoms with Crippen LogP contribution in [0.5, 0.6) is 0 Å². The minimum Gasteiger partial charge on any atom is -0.481 e. The minimum absolute atomic E-state index is 0.0135. The van der Waals surface area contributed by atoms with Gasteiger partial charge in [-0.1, -0.05) is 29.3 Å². The van der Waals surface area contributed by atoms with Crippen molar-refractivity contribution < 1.29 is 19.7 Å². The number of ether oxygens (including phenoxy) is 1. The van der Waals surface area contributed by atoms with Crippen LogP contribution in [0.4, 0.5) is 0 Å². The fourth-order valence-corrected chi connectivity index (χ4v) is 3.39. The van der Waals surface area contributed by atoms with E-state index < -0.39 is 6.04 Å². The summed E-state index contributed by atoms with van der Waals surface area (Å²) in [5, 5.41) is 22.8. The van der Waals surface area contributed by atoms with Gasteiger partial charge in [0.25, 0.3) is 0 Å². The van der Waals surface area contributed by atoms with Gasteiger partial charge >= 0.3 is 0 Å². The molecule has 3 rings (SSSR count). The average molecular weight is 424 g/mol. The highest BCUT2D eigenvalue weighted by molar-refractivity contribution is 6.42. The van der Waals surface area contributed by atoms with Crippen LogP contribution >= 0.6 is 23.2 Å². The van der Waals surface area contributed by atoms with Gasteiger partial charge in [-0.15, -0.1) is 0 Å². The van der Waals surface area contributed by atoms with Gasteiger partial charge in [-0.25, -0.2) is 4.99 Å². The van der Waals surface area contributed by atoms with Gasteiger partial charge in [0.15, 0.2) is 0 Å². The van der Waals surface area contributed by atoms with Crippen molar-refractivity contribution in [1.29, 1.82) is 0 Å². The summed E-state index contributed by atoms with van der Waals surface area (Å²) in [6.07, 6.45) is -0.0135. The Morgan fingerprint density at radius 3 is 2.71 bits per heavy atom. The number of nitrogens with zero attached hydrogens (tertiary/aromatic N) is 2. The number of amides is 1. The number of rotatable bonds is 6. The zero-order valence-corrected chi connectivity index (χ0v) is 16.6. The van der Waals surface area contributed by atoms with Gasteiger partial charge in [0, 0.05) is 0 Å². The first-order chi connectivity index (χ1) is 13.5. The van der Waals surface area contributed by atoms with Crippen LogP contribution in [0.15, 0.2) is 29.3 Å². The van der Waals surface area contributed by atoms with Crippen molar-refractivity contribution in [3.05, 3.63) is 62.4 Å². The van der Waals surface area contributed by atoms with E-state index in [1.807, 2.05) is 0 Å². The van der Waals surface area contributed by atoms with Gasteiger partial charge in [-0.05, 0) is 29.3 Å². The van der Waals surface area contributed by atoms with Crippen molar-refractivity contribution in [1.82, 2.24) is 10.3 Å². The number of carbonyl (C=O) groups is 1. The fraction of sp³-hybridized carbons (Fsp3) is 0.316. The summed E-state index contributed by atoms with van der Waals surface area (Å²) in [7, 11) is 1.51. The Morgan fingerprint density at radius 1 is 1.29 bits per heavy atom. The number of hydrogen-bond donors (Lipinski definition) is 3. The molecule has 1 amide bonds. The standard InChI is InChI=1S/C19H19Cl2N3O4/c1-28-19-18-11(7-22-19)4-12(23-16(18)9-26)6-17(27)24-15(8-25)10-2-3-13(20)14(21)5-10/h2-5,15,25-26H,6-9H2,1H3,(H,24,27)/t15-/m1/s1. The van der Waals surface area contributed by atoms with Gasteiger partial charge in [-0.2, -0.15) is 0 Å². The van der Waals surface area contributed by atoms with Crippen molar-refractivity contribution in [2.75, 3.05) is 13.7 Å². The molecule has 3 N–H and O–H groups in total. The van der Waals surface area contributed by atoms with E-state index in [0.29, 0.717) is 45.0 Å². The molecule has 1 aromatic carbocycles. The molecule has 28 heavy (non-hydrogen) atoms. The van der Waals surface area contributed by atoms with E-state index >= 15 is 0 Å². The largest absolute Gasteiger partial charge is 0.481 e. The molecule has 0 saturated heterocycles. The van der Waals surface area contributed by atoms with E-state index in [4.69, 9.17) is 27.9 Å². The molecule has 2 aromatic rings. The Balaban J connectivity index is 1.75. The minimum atomic E-state index is -0.627. The quantitative estimate of drug-likeness (QED) is 0.660. The number of fused-ring (bicyclic) bond motifs is 1. The molecule has 1 aliphatic heterocycles. The number of nitrogens with one attached hydrogen (secondary N) is 1. The second-order valence-electron chi connectivity index (χ2n) is 6.23. The van der Waals surface area contributed by atoms with Gasteiger partial charge in [-0.3, -0.25) is 9.78 Å². The molecule has 0 saturated carbocycles. The zero-order valence-electron chi connectivity index (χ0n) is 15.1. The Kier molecular flexibility index (Phi) is 6.51. The highest BCUT2D eigenvalue weighted by Gasteiger charge is 2.23. The average Bonchev–Trinajstić information content (AvgIpc) is 3.10. The first kappa shape index (κ1) is 20.5. The number of aliphatic hydroxyl groups excluding tert-OH is 2. The van der Waals surface area contributed by atoms with Crippen molar-refractivity contribution in [3.8, 4) is 0 Å². The monoisotopic (exact) mass is 423 g/mol. The maximum absolute atomic E-state index is 12.5. The molecule has 2 heterocycles. The first-order valence-electron chi connectivity index (χ1n) is 8.53. The van der Waals surface area contributed by atoms with Crippen LogP contribution in [0.3, 0.4) is 0 Å². The SMILES string of the molecule is COC1=NCc2cc(CC(=O)N[C@H](CO)c3ccc(Cl)c(Cl)c3)nc(CO)c21. The van der Waals surface area contributed by atoms with Crippen molar-refractivity contribution >= 4 is 35.0 Å². The van der Waals surface area contributed by atoms with Crippen molar-refractivity contribution in [2.24, 2.45) is 4.99 Å². The third-order valence-electron chi connectivity index (χ3n) is 4.38. The van der Waals surface area contributed by atoms with Crippen LogP contribution in [0.25, 0.3) is 0 Å². The summed E-state index contributed by atoms with van der Waals surface area (Å²) in [6.45, 7) is -0.178. The molecule has 0 fully saturated rings. The van der Waals surface area contributed by atoms with E-state index in [1.165, 1.54) is 7.11 Å². The molecule has 1 aromatic heterocycles. The van der Waals surface area contributed by atoms with Crippen molar-refractivity contribution in [2.45, 2.75) is 25.6 Å². The molecule has 0 unspecified atom stereocenters. The van der Waals surface area contributed by atoms with Crippen LogP contribution in [-0.2, 0) is 29.1 Å². The van der Waals surface area contributed by atoms with Gasteiger partial charge in [0.05, 0.1) is 66.3 Å². The first-order valence-corrected chi connectivity index (χ1v) is 9.29. The molecule has 1 aliphatic rings. The lowest BCUT2D eigenvalue weighted by atomic mass is 10.0. The zero-order chi connectivity index (χ0) is 20.3. The second-order valence-corrected chi connectivity index (χ2v) is 7.05. The van der Waals surface area contributed by atoms with Crippen LogP contribution in [0.2, 0.25) is 10.0 Å². The van der Waals surface area contributed by atoms with E-state index in [9.17, 15) is 15.0 Å². The van der Waals surface area contributed by atoms with Crippen LogP contribution in [0.1, 0.15) is 34.1 Å².